The van der Waals surface area contributed by atoms with E-state index in [-0.39, 0.29) is 24.8 Å². The van der Waals surface area contributed by atoms with Crippen LogP contribution in [0.1, 0.15) is 11.1 Å². The number of nitrogens with one attached hydrogen (secondary N) is 4. The van der Waals surface area contributed by atoms with Crippen LogP contribution in [-0.4, -0.2) is 32.0 Å². The van der Waals surface area contributed by atoms with E-state index in [4.69, 9.17) is 44.1 Å². The smallest absolute Gasteiger partial charge is 0.316 e. The number of carbonyl (C=O) groups excluding carboxylic acids is 2. The second-order valence-corrected chi connectivity index (χ2v) is 14.1. The summed E-state index contributed by atoms with van der Waals surface area (Å²) >= 11 is 12.7. The molecule has 62 heavy (non-hydrogen) atoms. The van der Waals surface area contributed by atoms with Crippen LogP contribution in [0.3, 0.4) is 0 Å². The second-order valence-electron chi connectivity index (χ2n) is 13.3. The first kappa shape index (κ1) is 42.3. The molecule has 0 atom stereocenters. The lowest BCUT2D eigenvalue weighted by molar-refractivity contribution is 0.258. The molecule has 2 aromatic heterocycles. The Hall–Kier alpha value is -7.82. The minimum atomic E-state index is -0.661. The van der Waals surface area contributed by atoms with E-state index in [0.29, 0.717) is 88.9 Å². The van der Waals surface area contributed by atoms with Gasteiger partial charge >= 0.3 is 12.1 Å². The van der Waals surface area contributed by atoms with E-state index in [0.717, 1.165) is 0 Å². The summed E-state index contributed by atoms with van der Waals surface area (Å²) in [6.45, 7) is 0.382. The number of benzene rings is 6. The molecule has 0 bridgehead atoms. The fraction of sp³-hybridized carbons (Fsp3) is 0.0455. The molecule has 312 valence electrons. The van der Waals surface area contributed by atoms with Crippen LogP contribution in [0.25, 0.3) is 21.8 Å². The molecule has 0 spiro atoms. The Morgan fingerprint density at radius 3 is 1.34 bits per heavy atom. The van der Waals surface area contributed by atoms with Gasteiger partial charge in [0.15, 0.2) is 0 Å². The molecule has 0 aliphatic rings. The fourth-order valence-corrected chi connectivity index (χ4v) is 6.46. The third kappa shape index (κ3) is 11.3. The van der Waals surface area contributed by atoms with Crippen molar-refractivity contribution in [2.75, 3.05) is 21.3 Å². The van der Waals surface area contributed by atoms with Crippen LogP contribution in [0, 0.1) is 11.6 Å². The highest BCUT2D eigenvalue weighted by atomic mass is 35.5. The normalized spacial score (nSPS) is 10.6. The van der Waals surface area contributed by atoms with Gasteiger partial charge in [-0.15, -0.1) is 0 Å². The fourth-order valence-electron chi connectivity index (χ4n) is 5.99. The number of rotatable bonds is 12. The summed E-state index contributed by atoms with van der Waals surface area (Å²) in [5.74, 6) is 1.36. The second kappa shape index (κ2) is 19.5. The highest BCUT2D eigenvalue weighted by molar-refractivity contribution is 6.32. The number of urea groups is 2. The van der Waals surface area contributed by atoms with Crippen molar-refractivity contribution in [3.8, 4) is 11.5 Å². The van der Waals surface area contributed by atoms with Gasteiger partial charge in [0, 0.05) is 33.5 Å². The van der Waals surface area contributed by atoms with Crippen LogP contribution in [0.15, 0.2) is 134 Å². The van der Waals surface area contributed by atoms with Gasteiger partial charge in [-0.3, -0.25) is 0 Å². The predicted octanol–water partition coefficient (Wildman–Crippen LogP) is 10.5. The van der Waals surface area contributed by atoms with Crippen LogP contribution in [0.4, 0.5) is 52.8 Å². The average molecular weight is 876 g/mol. The van der Waals surface area contributed by atoms with Crippen molar-refractivity contribution in [2.45, 2.75) is 13.2 Å². The van der Waals surface area contributed by atoms with Gasteiger partial charge in [0.1, 0.15) is 60.6 Å². The maximum absolute atomic E-state index is 13.3. The van der Waals surface area contributed by atoms with Crippen molar-refractivity contribution in [1.82, 2.24) is 19.9 Å². The molecule has 0 radical (unpaired) electrons. The SMILES string of the molecule is NC(=O)Nc1ccc2ncnc(Nc3ccc(OCc4cccc(F)c4)c(Cl)c3)c2c1.NC(=O)Nc1ccc2ncnc(Nc3ccc(OCc4cccc(F)c4)c(Cl)c3)c2c1. The maximum Gasteiger partial charge on any atom is 0.316 e. The number of halogens is 4. The summed E-state index contributed by atoms with van der Waals surface area (Å²) in [6, 6.07) is 31.8. The molecular formula is C44H34Cl2F2N10O4. The number of nitrogens with zero attached hydrogens (tertiary/aromatic N) is 4. The summed E-state index contributed by atoms with van der Waals surface area (Å²) in [7, 11) is 0. The monoisotopic (exact) mass is 874 g/mol. The highest BCUT2D eigenvalue weighted by Gasteiger charge is 2.11. The molecule has 6 aromatic carbocycles. The van der Waals surface area contributed by atoms with Crippen molar-refractivity contribution in [3.63, 3.8) is 0 Å². The van der Waals surface area contributed by atoms with Crippen molar-refractivity contribution in [2.24, 2.45) is 11.5 Å². The van der Waals surface area contributed by atoms with Gasteiger partial charge in [-0.25, -0.2) is 38.3 Å². The molecule has 8 aromatic rings. The number of primary amides is 2. The lowest BCUT2D eigenvalue weighted by atomic mass is 10.2. The largest absolute Gasteiger partial charge is 0.487 e. The van der Waals surface area contributed by atoms with Gasteiger partial charge in [0.25, 0.3) is 0 Å². The van der Waals surface area contributed by atoms with Crippen molar-refractivity contribution in [3.05, 3.63) is 167 Å². The number of aromatic nitrogens is 4. The van der Waals surface area contributed by atoms with Gasteiger partial charge < -0.3 is 42.2 Å². The lowest BCUT2D eigenvalue weighted by Gasteiger charge is -2.12. The molecular weight excluding hydrogens is 841 g/mol. The van der Waals surface area contributed by atoms with Crippen molar-refractivity contribution >= 4 is 91.5 Å². The van der Waals surface area contributed by atoms with Gasteiger partial charge in [0.2, 0.25) is 0 Å². The number of amides is 4. The Bertz CT molecular complexity index is 2730. The number of ether oxygens (including phenoxy) is 2. The van der Waals surface area contributed by atoms with E-state index >= 15 is 0 Å². The van der Waals surface area contributed by atoms with E-state index in [1.54, 1.807) is 97.1 Å². The minimum absolute atomic E-state index is 0.191. The number of anilines is 6. The minimum Gasteiger partial charge on any atom is -0.487 e. The number of nitrogens with two attached hydrogens (primary N) is 2. The number of fused-ring (bicyclic) bond motifs is 2. The molecule has 0 saturated heterocycles. The summed E-state index contributed by atoms with van der Waals surface area (Å²) in [4.78, 5) is 39.3. The summed E-state index contributed by atoms with van der Waals surface area (Å²) in [5.41, 5.74) is 15.6. The zero-order valence-corrected chi connectivity index (χ0v) is 33.7. The third-order valence-electron chi connectivity index (χ3n) is 8.76. The Labute approximate surface area is 362 Å². The first-order valence-electron chi connectivity index (χ1n) is 18.5. The quantitative estimate of drug-likeness (QED) is 0.0685. The highest BCUT2D eigenvalue weighted by Crippen LogP contribution is 2.33. The molecule has 8 N–H and O–H groups in total. The molecule has 18 heteroatoms. The van der Waals surface area contributed by atoms with E-state index in [1.165, 1.54) is 36.9 Å². The molecule has 8 rings (SSSR count). The van der Waals surface area contributed by atoms with E-state index in [1.807, 2.05) is 0 Å². The molecule has 14 nitrogen and oxygen atoms in total. The molecule has 0 fully saturated rings. The summed E-state index contributed by atoms with van der Waals surface area (Å²) in [6.07, 6.45) is 2.87. The zero-order valence-electron chi connectivity index (χ0n) is 32.2. The third-order valence-corrected chi connectivity index (χ3v) is 9.35. The average Bonchev–Trinajstić information content (AvgIpc) is 3.23. The molecule has 2 heterocycles. The number of hydrogen-bond donors (Lipinski definition) is 6. The zero-order chi connectivity index (χ0) is 43.6. The van der Waals surface area contributed by atoms with Gasteiger partial charge in [-0.2, -0.15) is 0 Å². The molecule has 0 aliphatic carbocycles. The molecule has 0 aliphatic heterocycles. The standard InChI is InChI=1S/2C22H17ClFN5O2/c2*23-18-10-16(5-7-20(18)31-11-13-2-1-3-14(24)8-13)28-21-17-9-15(29-22(25)30)4-6-19(17)26-12-27-21/h2*1-10,12H,11H2,(H3,25,29,30)(H,26,27,28). The topological polar surface area (TPSA) is 204 Å². The Morgan fingerprint density at radius 2 is 0.952 bits per heavy atom. The van der Waals surface area contributed by atoms with E-state index in [9.17, 15) is 18.4 Å². The first-order chi connectivity index (χ1) is 29.9. The van der Waals surface area contributed by atoms with Crippen LogP contribution < -0.4 is 42.2 Å². The molecule has 0 unspecified atom stereocenters. The van der Waals surface area contributed by atoms with Crippen molar-refractivity contribution < 1.29 is 27.8 Å². The van der Waals surface area contributed by atoms with Crippen molar-refractivity contribution in [1.29, 1.82) is 0 Å². The van der Waals surface area contributed by atoms with Crippen LogP contribution in [-0.2, 0) is 13.2 Å². The summed E-state index contributed by atoms with van der Waals surface area (Å²) < 4.78 is 38.0. The predicted molar refractivity (Wildman–Crippen MR) is 236 cm³/mol. The lowest BCUT2D eigenvalue weighted by Crippen LogP contribution is -2.19. The molecule has 4 amide bonds. The number of hydrogen-bond acceptors (Lipinski definition) is 10. The van der Waals surface area contributed by atoms with Crippen LogP contribution in [0.2, 0.25) is 10.0 Å². The van der Waals surface area contributed by atoms with Gasteiger partial charge in [-0.1, -0.05) is 47.5 Å². The van der Waals surface area contributed by atoms with Gasteiger partial charge in [-0.05, 0) is 108 Å². The van der Waals surface area contributed by atoms with Crippen LogP contribution >= 0.6 is 23.2 Å². The summed E-state index contributed by atoms with van der Waals surface area (Å²) in [5, 5.41) is 13.6. The van der Waals surface area contributed by atoms with Gasteiger partial charge in [0.05, 0.1) is 21.1 Å². The van der Waals surface area contributed by atoms with E-state index in [2.05, 4.69) is 41.2 Å². The van der Waals surface area contributed by atoms with E-state index < -0.39 is 12.1 Å². The van der Waals surface area contributed by atoms with Crippen LogP contribution in [0.5, 0.6) is 11.5 Å². The maximum atomic E-state index is 13.3. The Balaban J connectivity index is 0.000000186. The molecule has 0 saturated carbocycles. The number of carbonyl (C=O) groups is 2. The Morgan fingerprint density at radius 1 is 0.532 bits per heavy atom. The Kier molecular flexibility index (Phi) is 13.3. The first-order valence-corrected chi connectivity index (χ1v) is 19.2.